The van der Waals surface area contributed by atoms with Crippen molar-refractivity contribution in [3.63, 3.8) is 0 Å². The van der Waals surface area contributed by atoms with Crippen molar-refractivity contribution in [1.29, 1.82) is 0 Å². The van der Waals surface area contributed by atoms with E-state index in [1.54, 1.807) is 19.2 Å². The molecule has 3 N–H and O–H groups in total. The molecule has 1 aromatic rings. The highest BCUT2D eigenvalue weighted by Gasteiger charge is 2.11. The van der Waals surface area contributed by atoms with E-state index in [9.17, 15) is 4.79 Å². The van der Waals surface area contributed by atoms with Gasteiger partial charge in [-0.3, -0.25) is 4.79 Å². The highest BCUT2D eigenvalue weighted by Crippen LogP contribution is 2.09. The van der Waals surface area contributed by atoms with E-state index in [0.717, 1.165) is 18.5 Å². The molecule has 5 heteroatoms. The number of methoxy groups -OCH3 is 1. The molecule has 1 amide bonds. The fourth-order valence-corrected chi connectivity index (χ4v) is 1.60. The van der Waals surface area contributed by atoms with Crippen LogP contribution in [0.5, 0.6) is 0 Å². The lowest BCUT2D eigenvalue weighted by atomic mass is 10.1. The number of nitrogen functional groups attached to an aromatic ring is 1. The number of carbonyl (C=O) groups is 1. The molecule has 18 heavy (non-hydrogen) atoms. The normalized spacial score (nSPS) is 12.2. The van der Waals surface area contributed by atoms with E-state index >= 15 is 0 Å². The van der Waals surface area contributed by atoms with Gasteiger partial charge in [0.05, 0.1) is 0 Å². The third-order valence-electron chi connectivity index (χ3n) is 2.66. The van der Waals surface area contributed by atoms with Gasteiger partial charge in [0.25, 0.3) is 5.91 Å². The van der Waals surface area contributed by atoms with Gasteiger partial charge < -0.3 is 15.8 Å². The Balaban J connectivity index is 2.68. The van der Waals surface area contributed by atoms with Crippen molar-refractivity contribution in [2.45, 2.75) is 32.7 Å². The SMILES string of the molecule is CCc1cc(C(=O)NC(C)CCOC)cc(N)n1. The summed E-state index contributed by atoms with van der Waals surface area (Å²) in [6, 6.07) is 3.43. The molecule has 0 aliphatic carbocycles. The van der Waals surface area contributed by atoms with Crippen LogP contribution in [0.3, 0.4) is 0 Å². The van der Waals surface area contributed by atoms with Gasteiger partial charge in [-0.25, -0.2) is 4.98 Å². The third kappa shape index (κ3) is 4.33. The topological polar surface area (TPSA) is 77.2 Å². The van der Waals surface area contributed by atoms with Crippen LogP contribution in [0.2, 0.25) is 0 Å². The van der Waals surface area contributed by atoms with Crippen LogP contribution in [0.15, 0.2) is 12.1 Å². The van der Waals surface area contributed by atoms with Crippen molar-refractivity contribution in [3.8, 4) is 0 Å². The summed E-state index contributed by atoms with van der Waals surface area (Å²) in [5, 5.41) is 2.91. The first-order valence-corrected chi connectivity index (χ1v) is 6.13. The zero-order chi connectivity index (χ0) is 13.5. The summed E-state index contributed by atoms with van der Waals surface area (Å²) in [7, 11) is 1.64. The number of aromatic nitrogens is 1. The second-order valence-corrected chi connectivity index (χ2v) is 4.28. The smallest absolute Gasteiger partial charge is 0.251 e. The van der Waals surface area contributed by atoms with Crippen LogP contribution in [0.1, 0.15) is 36.3 Å². The molecule has 0 aliphatic rings. The molecule has 1 unspecified atom stereocenters. The molecule has 1 atom stereocenters. The molecule has 0 aromatic carbocycles. The summed E-state index contributed by atoms with van der Waals surface area (Å²) in [6.45, 7) is 4.55. The third-order valence-corrected chi connectivity index (χ3v) is 2.66. The fourth-order valence-electron chi connectivity index (χ4n) is 1.60. The van der Waals surface area contributed by atoms with E-state index in [1.807, 2.05) is 13.8 Å². The van der Waals surface area contributed by atoms with Gasteiger partial charge in [0.15, 0.2) is 0 Å². The Morgan fingerprint density at radius 2 is 2.28 bits per heavy atom. The van der Waals surface area contributed by atoms with Gasteiger partial charge in [-0.05, 0) is 31.9 Å². The Hall–Kier alpha value is -1.62. The Kier molecular flexibility index (Phi) is 5.58. The highest BCUT2D eigenvalue weighted by atomic mass is 16.5. The number of pyridine rings is 1. The van der Waals surface area contributed by atoms with E-state index in [2.05, 4.69) is 10.3 Å². The Bertz CT molecular complexity index is 407. The van der Waals surface area contributed by atoms with Gasteiger partial charge >= 0.3 is 0 Å². The first kappa shape index (κ1) is 14.4. The number of aryl methyl sites for hydroxylation is 1. The number of carbonyl (C=O) groups excluding carboxylic acids is 1. The average Bonchev–Trinajstić information content (AvgIpc) is 2.35. The molecule has 1 heterocycles. The maximum Gasteiger partial charge on any atom is 0.251 e. The van der Waals surface area contributed by atoms with Crippen molar-refractivity contribution in [3.05, 3.63) is 23.4 Å². The second-order valence-electron chi connectivity index (χ2n) is 4.28. The zero-order valence-corrected chi connectivity index (χ0v) is 11.2. The molecule has 0 radical (unpaired) electrons. The zero-order valence-electron chi connectivity index (χ0n) is 11.2. The number of nitrogens with zero attached hydrogens (tertiary/aromatic N) is 1. The molecule has 100 valence electrons. The van der Waals surface area contributed by atoms with Crippen LogP contribution in [0.4, 0.5) is 5.82 Å². The number of nitrogens with two attached hydrogens (primary N) is 1. The van der Waals surface area contributed by atoms with Gasteiger partial charge in [-0.1, -0.05) is 6.92 Å². The molecule has 0 saturated heterocycles. The fraction of sp³-hybridized carbons (Fsp3) is 0.538. The van der Waals surface area contributed by atoms with E-state index < -0.39 is 0 Å². The minimum Gasteiger partial charge on any atom is -0.385 e. The number of hydrogen-bond acceptors (Lipinski definition) is 4. The summed E-state index contributed by atoms with van der Waals surface area (Å²) in [5.41, 5.74) is 7.06. The lowest BCUT2D eigenvalue weighted by molar-refractivity contribution is 0.0929. The van der Waals surface area contributed by atoms with E-state index in [-0.39, 0.29) is 11.9 Å². The molecule has 1 aromatic heterocycles. The minimum absolute atomic E-state index is 0.0666. The van der Waals surface area contributed by atoms with E-state index in [0.29, 0.717) is 18.0 Å². The van der Waals surface area contributed by atoms with Crippen LogP contribution in [0.25, 0.3) is 0 Å². The van der Waals surface area contributed by atoms with Crippen molar-refractivity contribution in [2.75, 3.05) is 19.5 Å². The molecule has 1 rings (SSSR count). The number of anilines is 1. The predicted octanol–water partition coefficient (Wildman–Crippen LogP) is 1.38. The van der Waals surface area contributed by atoms with Gasteiger partial charge in [0.2, 0.25) is 0 Å². The Labute approximate surface area is 108 Å². The summed E-state index contributed by atoms with van der Waals surface area (Å²) < 4.78 is 4.97. The van der Waals surface area contributed by atoms with Crippen LogP contribution in [-0.4, -0.2) is 30.6 Å². The second kappa shape index (κ2) is 6.96. The number of amides is 1. The van der Waals surface area contributed by atoms with Crippen LogP contribution >= 0.6 is 0 Å². The first-order valence-electron chi connectivity index (χ1n) is 6.13. The molecule has 0 spiro atoms. The number of nitrogens with one attached hydrogen (secondary N) is 1. The van der Waals surface area contributed by atoms with Gasteiger partial charge in [-0.15, -0.1) is 0 Å². The van der Waals surface area contributed by atoms with Crippen LogP contribution in [0, 0.1) is 0 Å². The largest absolute Gasteiger partial charge is 0.385 e. The molecule has 5 nitrogen and oxygen atoms in total. The van der Waals surface area contributed by atoms with E-state index in [4.69, 9.17) is 10.5 Å². The van der Waals surface area contributed by atoms with Gasteiger partial charge in [0.1, 0.15) is 5.82 Å². The summed E-state index contributed by atoms with van der Waals surface area (Å²) in [6.07, 6.45) is 1.54. The van der Waals surface area contributed by atoms with Gasteiger partial charge in [0, 0.05) is 31.0 Å². The molecular formula is C13H21N3O2. The lowest BCUT2D eigenvalue weighted by Gasteiger charge is -2.13. The molecule has 0 bridgehead atoms. The minimum atomic E-state index is -0.123. The average molecular weight is 251 g/mol. The van der Waals surface area contributed by atoms with Crippen LogP contribution in [-0.2, 0) is 11.2 Å². The number of ether oxygens (including phenoxy) is 1. The van der Waals surface area contributed by atoms with Crippen molar-refractivity contribution in [1.82, 2.24) is 10.3 Å². The summed E-state index contributed by atoms with van der Waals surface area (Å²) in [4.78, 5) is 16.1. The van der Waals surface area contributed by atoms with Gasteiger partial charge in [-0.2, -0.15) is 0 Å². The quantitative estimate of drug-likeness (QED) is 0.800. The molecule has 0 saturated carbocycles. The lowest BCUT2D eigenvalue weighted by Crippen LogP contribution is -2.33. The highest BCUT2D eigenvalue weighted by molar-refractivity contribution is 5.95. The van der Waals surface area contributed by atoms with E-state index in [1.165, 1.54) is 0 Å². The number of hydrogen-bond donors (Lipinski definition) is 2. The van der Waals surface area contributed by atoms with Crippen molar-refractivity contribution < 1.29 is 9.53 Å². The first-order chi connectivity index (χ1) is 8.56. The summed E-state index contributed by atoms with van der Waals surface area (Å²) >= 11 is 0. The van der Waals surface area contributed by atoms with Crippen molar-refractivity contribution in [2.24, 2.45) is 0 Å². The molecular weight excluding hydrogens is 230 g/mol. The number of rotatable bonds is 6. The molecule has 0 fully saturated rings. The monoisotopic (exact) mass is 251 g/mol. The summed E-state index contributed by atoms with van der Waals surface area (Å²) in [5.74, 6) is 0.256. The molecule has 0 aliphatic heterocycles. The predicted molar refractivity (Wildman–Crippen MR) is 71.4 cm³/mol. The maximum absolute atomic E-state index is 12.0. The Morgan fingerprint density at radius 1 is 1.56 bits per heavy atom. The van der Waals surface area contributed by atoms with Crippen LogP contribution < -0.4 is 11.1 Å². The Morgan fingerprint density at radius 3 is 2.89 bits per heavy atom. The van der Waals surface area contributed by atoms with Crippen molar-refractivity contribution >= 4 is 11.7 Å². The standard InChI is InChI=1S/C13H21N3O2/c1-4-11-7-10(8-12(14)16-11)13(17)15-9(2)5-6-18-3/h7-9H,4-6H2,1-3H3,(H2,14,16)(H,15,17). The maximum atomic E-state index is 12.0.